The molecule has 0 spiro atoms. The monoisotopic (exact) mass is 268 g/mol. The zero-order valence-corrected chi connectivity index (χ0v) is 12.7. The number of rotatable bonds is 10. The predicted molar refractivity (Wildman–Crippen MR) is 77.1 cm³/mol. The van der Waals surface area contributed by atoms with Crippen LogP contribution in [0.5, 0.6) is 0 Å². The van der Waals surface area contributed by atoms with Crippen LogP contribution in [0, 0.1) is 0 Å². The molecule has 1 rings (SSSR count). The van der Waals surface area contributed by atoms with Crippen LogP contribution in [0.3, 0.4) is 0 Å². The van der Waals surface area contributed by atoms with Crippen molar-refractivity contribution in [1.82, 2.24) is 20.3 Å². The Kier molecular flexibility index (Phi) is 7.67. The number of hydrogen-bond acceptors (Lipinski definition) is 4. The molecule has 0 bridgehead atoms. The molecule has 0 radical (unpaired) electrons. The molecular weight excluding hydrogens is 240 g/mol. The minimum absolute atomic E-state index is 0.253. The fourth-order valence-corrected chi connectivity index (χ4v) is 2.28. The Balaban J connectivity index is 2.67. The third-order valence-corrected chi connectivity index (χ3v) is 3.14. The van der Waals surface area contributed by atoms with Crippen molar-refractivity contribution in [1.29, 1.82) is 0 Å². The number of hydrogen-bond donors (Lipinski definition) is 1. The molecule has 1 heterocycles. The van der Waals surface area contributed by atoms with Gasteiger partial charge >= 0.3 is 0 Å². The van der Waals surface area contributed by atoms with Gasteiger partial charge in [-0.3, -0.25) is 4.68 Å². The van der Waals surface area contributed by atoms with Gasteiger partial charge in [0, 0.05) is 32.3 Å². The van der Waals surface area contributed by atoms with Crippen LogP contribution in [0.25, 0.3) is 0 Å². The average Bonchev–Trinajstić information content (AvgIpc) is 2.80. The van der Waals surface area contributed by atoms with Crippen molar-refractivity contribution in [3.63, 3.8) is 0 Å². The highest BCUT2D eigenvalue weighted by Gasteiger charge is 2.22. The fraction of sp³-hybridized carbons (Fsp3) is 0.857. The smallest absolute Gasteiger partial charge is 0.0843 e. The number of nitrogens with zero attached hydrogens (tertiary/aromatic N) is 3. The van der Waals surface area contributed by atoms with Crippen LogP contribution in [0.1, 0.15) is 45.7 Å². The molecule has 0 amide bonds. The topological polar surface area (TPSA) is 52.0 Å². The minimum atomic E-state index is 0.253. The van der Waals surface area contributed by atoms with Gasteiger partial charge in [-0.1, -0.05) is 25.5 Å². The molecule has 0 saturated heterocycles. The summed E-state index contributed by atoms with van der Waals surface area (Å²) in [7, 11) is 1.90. The molecule has 1 aromatic rings. The highest BCUT2D eigenvalue weighted by atomic mass is 16.5. The van der Waals surface area contributed by atoms with Gasteiger partial charge in [0.1, 0.15) is 0 Å². The van der Waals surface area contributed by atoms with E-state index >= 15 is 0 Å². The lowest BCUT2D eigenvalue weighted by Gasteiger charge is -2.27. The van der Waals surface area contributed by atoms with Crippen LogP contribution in [-0.4, -0.2) is 40.3 Å². The van der Waals surface area contributed by atoms with Crippen LogP contribution >= 0.6 is 0 Å². The van der Waals surface area contributed by atoms with Gasteiger partial charge in [-0.25, -0.2) is 0 Å². The molecule has 1 N–H and O–H groups in total. The second kappa shape index (κ2) is 9.04. The van der Waals surface area contributed by atoms with E-state index in [0.717, 1.165) is 44.5 Å². The molecular formula is C14H28N4O. The van der Waals surface area contributed by atoms with E-state index in [-0.39, 0.29) is 6.10 Å². The van der Waals surface area contributed by atoms with Crippen molar-refractivity contribution in [3.05, 3.63) is 11.9 Å². The first-order chi connectivity index (χ1) is 9.21. The van der Waals surface area contributed by atoms with Gasteiger partial charge in [0.05, 0.1) is 11.8 Å². The molecule has 0 aromatic carbocycles. The van der Waals surface area contributed by atoms with E-state index in [1.165, 1.54) is 0 Å². The summed E-state index contributed by atoms with van der Waals surface area (Å²) in [5.74, 6) is 0. The lowest BCUT2D eigenvalue weighted by atomic mass is 10.0. The summed E-state index contributed by atoms with van der Waals surface area (Å²) >= 11 is 0. The van der Waals surface area contributed by atoms with E-state index < -0.39 is 0 Å². The number of ether oxygens (including phenoxy) is 1. The van der Waals surface area contributed by atoms with E-state index in [4.69, 9.17) is 4.74 Å². The molecule has 0 aliphatic heterocycles. The van der Waals surface area contributed by atoms with Gasteiger partial charge in [0.2, 0.25) is 0 Å². The van der Waals surface area contributed by atoms with Crippen LogP contribution in [-0.2, 0) is 18.2 Å². The average molecular weight is 268 g/mol. The first-order valence-electron chi connectivity index (χ1n) is 7.41. The second-order valence-electron chi connectivity index (χ2n) is 4.93. The van der Waals surface area contributed by atoms with Crippen LogP contribution < -0.4 is 5.32 Å². The predicted octanol–water partition coefficient (Wildman–Crippen LogP) is 1.93. The van der Waals surface area contributed by atoms with E-state index in [1.54, 1.807) is 4.68 Å². The largest absolute Gasteiger partial charge is 0.377 e. The lowest BCUT2D eigenvalue weighted by Crippen LogP contribution is -2.43. The highest BCUT2D eigenvalue weighted by Crippen LogP contribution is 2.12. The van der Waals surface area contributed by atoms with Crippen LogP contribution in [0.2, 0.25) is 0 Å². The first-order valence-corrected chi connectivity index (χ1v) is 7.41. The molecule has 0 aliphatic carbocycles. The Bertz CT molecular complexity index is 334. The van der Waals surface area contributed by atoms with Crippen molar-refractivity contribution in [2.24, 2.45) is 7.05 Å². The highest BCUT2D eigenvalue weighted by molar-refractivity contribution is 4.97. The van der Waals surface area contributed by atoms with Crippen molar-refractivity contribution in [2.45, 2.75) is 58.6 Å². The minimum Gasteiger partial charge on any atom is -0.377 e. The van der Waals surface area contributed by atoms with E-state index in [1.807, 2.05) is 13.2 Å². The maximum absolute atomic E-state index is 5.90. The van der Waals surface area contributed by atoms with Gasteiger partial charge in [-0.2, -0.15) is 0 Å². The SMILES string of the molecule is CCCNC(Cc1cn(C)nn1)C(CCC)OCC. The summed E-state index contributed by atoms with van der Waals surface area (Å²) in [6.45, 7) is 8.21. The van der Waals surface area contributed by atoms with Gasteiger partial charge in [-0.15, -0.1) is 5.10 Å². The summed E-state index contributed by atoms with van der Waals surface area (Å²) in [5, 5.41) is 11.8. The summed E-state index contributed by atoms with van der Waals surface area (Å²) in [6, 6.07) is 0.316. The maximum Gasteiger partial charge on any atom is 0.0843 e. The molecule has 0 saturated carbocycles. The number of aromatic nitrogens is 3. The normalized spacial score (nSPS) is 14.5. The van der Waals surface area contributed by atoms with Crippen molar-refractivity contribution < 1.29 is 4.74 Å². The van der Waals surface area contributed by atoms with Crippen molar-refractivity contribution >= 4 is 0 Å². The Morgan fingerprint density at radius 3 is 2.63 bits per heavy atom. The Morgan fingerprint density at radius 2 is 2.11 bits per heavy atom. The molecule has 19 heavy (non-hydrogen) atoms. The van der Waals surface area contributed by atoms with Gasteiger partial charge in [-0.05, 0) is 26.3 Å². The zero-order chi connectivity index (χ0) is 14.1. The van der Waals surface area contributed by atoms with Crippen molar-refractivity contribution in [3.8, 4) is 0 Å². The maximum atomic E-state index is 5.90. The summed E-state index contributed by atoms with van der Waals surface area (Å²) in [4.78, 5) is 0. The summed E-state index contributed by atoms with van der Waals surface area (Å²) in [6.07, 6.45) is 6.45. The summed E-state index contributed by atoms with van der Waals surface area (Å²) < 4.78 is 7.65. The van der Waals surface area contributed by atoms with Gasteiger partial charge < -0.3 is 10.1 Å². The molecule has 1 aromatic heterocycles. The second-order valence-corrected chi connectivity index (χ2v) is 4.93. The first kappa shape index (κ1) is 16.1. The van der Waals surface area contributed by atoms with Gasteiger partial charge in [0.25, 0.3) is 0 Å². The summed E-state index contributed by atoms with van der Waals surface area (Å²) in [5.41, 5.74) is 1.02. The number of aryl methyl sites for hydroxylation is 1. The standard InChI is InChI=1S/C14H28N4O/c1-5-8-14(19-7-3)13(15-9-6-2)10-12-11-18(4)17-16-12/h11,13-15H,5-10H2,1-4H3. The number of nitrogens with one attached hydrogen (secondary N) is 1. The molecule has 5 nitrogen and oxygen atoms in total. The third-order valence-electron chi connectivity index (χ3n) is 3.14. The van der Waals surface area contributed by atoms with E-state index in [9.17, 15) is 0 Å². The Labute approximate surface area is 116 Å². The van der Waals surface area contributed by atoms with Crippen molar-refractivity contribution in [2.75, 3.05) is 13.2 Å². The Morgan fingerprint density at radius 1 is 1.32 bits per heavy atom. The quantitative estimate of drug-likeness (QED) is 0.704. The van der Waals surface area contributed by atoms with E-state index in [0.29, 0.717) is 6.04 Å². The fourth-order valence-electron chi connectivity index (χ4n) is 2.28. The molecule has 110 valence electrons. The van der Waals surface area contributed by atoms with Crippen LogP contribution in [0.4, 0.5) is 0 Å². The van der Waals surface area contributed by atoms with Crippen LogP contribution in [0.15, 0.2) is 6.20 Å². The molecule has 5 heteroatoms. The van der Waals surface area contributed by atoms with Gasteiger partial charge in [0.15, 0.2) is 0 Å². The Hall–Kier alpha value is -0.940. The molecule has 2 unspecified atom stereocenters. The molecule has 2 atom stereocenters. The van der Waals surface area contributed by atoms with E-state index in [2.05, 4.69) is 36.4 Å². The molecule has 0 aliphatic rings. The third kappa shape index (κ3) is 5.70. The molecule has 0 fully saturated rings. The lowest BCUT2D eigenvalue weighted by molar-refractivity contribution is 0.0279. The zero-order valence-electron chi connectivity index (χ0n) is 12.7.